The van der Waals surface area contributed by atoms with Crippen LogP contribution in [0.15, 0.2) is 24.3 Å². The van der Waals surface area contributed by atoms with Crippen molar-refractivity contribution in [1.29, 1.82) is 0 Å². The summed E-state index contributed by atoms with van der Waals surface area (Å²) < 4.78 is 5.65. The summed E-state index contributed by atoms with van der Waals surface area (Å²) in [5.41, 5.74) is 2.63. The van der Waals surface area contributed by atoms with Crippen LogP contribution in [0.4, 0.5) is 0 Å². The monoisotopic (exact) mass is 250 g/mol. The van der Waals surface area contributed by atoms with Crippen molar-refractivity contribution >= 4 is 0 Å². The fourth-order valence-corrected chi connectivity index (χ4v) is 1.74. The van der Waals surface area contributed by atoms with Gasteiger partial charge in [0.1, 0.15) is 0 Å². The van der Waals surface area contributed by atoms with Gasteiger partial charge in [-0.2, -0.15) is 0 Å². The van der Waals surface area contributed by atoms with Gasteiger partial charge >= 0.3 is 0 Å². The van der Waals surface area contributed by atoms with Crippen LogP contribution in [-0.4, -0.2) is 45.7 Å². The van der Waals surface area contributed by atoms with Crippen molar-refractivity contribution in [3.8, 4) is 0 Å². The third-order valence-corrected chi connectivity index (χ3v) is 2.85. The van der Waals surface area contributed by atoms with Crippen LogP contribution in [0, 0.1) is 0 Å². The molecule has 0 heterocycles. The molecule has 102 valence electrons. The number of hydrogen-bond donors (Lipinski definition) is 1. The van der Waals surface area contributed by atoms with Gasteiger partial charge in [0.15, 0.2) is 0 Å². The summed E-state index contributed by atoms with van der Waals surface area (Å²) in [6.45, 7) is 3.67. The topological polar surface area (TPSA) is 24.5 Å². The summed E-state index contributed by atoms with van der Waals surface area (Å²) in [5, 5.41) is 3.16. The van der Waals surface area contributed by atoms with E-state index in [1.807, 2.05) is 7.05 Å². The second-order valence-electron chi connectivity index (χ2n) is 4.88. The van der Waals surface area contributed by atoms with Gasteiger partial charge < -0.3 is 15.0 Å². The molecule has 1 N–H and O–H groups in total. The lowest BCUT2D eigenvalue weighted by Crippen LogP contribution is -2.14. The summed E-state index contributed by atoms with van der Waals surface area (Å²) in [6.07, 6.45) is 2.17. The Labute approximate surface area is 111 Å². The second-order valence-corrected chi connectivity index (χ2v) is 4.88. The van der Waals surface area contributed by atoms with Crippen molar-refractivity contribution in [2.45, 2.75) is 19.4 Å². The fraction of sp³-hybridized carbons (Fsp3) is 0.600. The van der Waals surface area contributed by atoms with Gasteiger partial charge in [-0.3, -0.25) is 0 Å². The summed E-state index contributed by atoms with van der Waals surface area (Å²) in [6, 6.07) is 8.71. The molecule has 0 aliphatic carbocycles. The first-order valence-corrected chi connectivity index (χ1v) is 6.67. The molecule has 0 aliphatic rings. The van der Waals surface area contributed by atoms with E-state index in [1.165, 1.54) is 11.1 Å². The highest BCUT2D eigenvalue weighted by atomic mass is 16.5. The number of nitrogens with one attached hydrogen (secondary N) is 1. The number of benzene rings is 1. The Morgan fingerprint density at radius 3 is 2.39 bits per heavy atom. The number of rotatable bonds is 9. The van der Waals surface area contributed by atoms with Crippen LogP contribution in [0.5, 0.6) is 0 Å². The summed E-state index contributed by atoms with van der Waals surface area (Å²) in [7, 11) is 6.16. The zero-order chi connectivity index (χ0) is 13.2. The van der Waals surface area contributed by atoms with Gasteiger partial charge in [0, 0.05) is 6.61 Å². The number of ether oxygens (including phenoxy) is 1. The minimum Gasteiger partial charge on any atom is -0.377 e. The Kier molecular flexibility index (Phi) is 7.65. The normalized spacial score (nSPS) is 11.1. The number of hydrogen-bond acceptors (Lipinski definition) is 3. The molecule has 3 nitrogen and oxygen atoms in total. The smallest absolute Gasteiger partial charge is 0.0716 e. The van der Waals surface area contributed by atoms with Crippen molar-refractivity contribution in [2.75, 3.05) is 40.8 Å². The van der Waals surface area contributed by atoms with Crippen molar-refractivity contribution in [3.05, 3.63) is 35.4 Å². The van der Waals surface area contributed by atoms with E-state index in [1.54, 1.807) is 0 Å². The van der Waals surface area contributed by atoms with Crippen molar-refractivity contribution in [2.24, 2.45) is 0 Å². The fourth-order valence-electron chi connectivity index (χ4n) is 1.74. The van der Waals surface area contributed by atoms with Gasteiger partial charge in [0.2, 0.25) is 0 Å². The lowest BCUT2D eigenvalue weighted by atomic mass is 10.1. The first-order valence-electron chi connectivity index (χ1n) is 6.67. The quantitative estimate of drug-likeness (QED) is 0.678. The Morgan fingerprint density at radius 2 is 1.78 bits per heavy atom. The molecule has 1 aromatic carbocycles. The molecule has 0 amide bonds. The lowest BCUT2D eigenvalue weighted by Gasteiger charge is -2.09. The molecule has 1 aromatic rings. The minimum absolute atomic E-state index is 0.722. The van der Waals surface area contributed by atoms with E-state index in [0.29, 0.717) is 0 Å². The zero-order valence-corrected chi connectivity index (χ0v) is 11.9. The Morgan fingerprint density at radius 1 is 1.11 bits per heavy atom. The van der Waals surface area contributed by atoms with Crippen LogP contribution < -0.4 is 5.32 Å². The molecule has 0 radical (unpaired) electrons. The molecular weight excluding hydrogens is 224 g/mol. The summed E-state index contributed by atoms with van der Waals surface area (Å²) in [5.74, 6) is 0. The third kappa shape index (κ3) is 6.74. The molecule has 0 aromatic heterocycles. The van der Waals surface area contributed by atoms with Gasteiger partial charge in [0.25, 0.3) is 0 Å². The molecule has 0 aliphatic heterocycles. The lowest BCUT2D eigenvalue weighted by molar-refractivity contribution is 0.113. The van der Waals surface area contributed by atoms with Crippen molar-refractivity contribution in [3.63, 3.8) is 0 Å². The van der Waals surface area contributed by atoms with Crippen LogP contribution >= 0.6 is 0 Å². The molecule has 0 atom stereocenters. The third-order valence-electron chi connectivity index (χ3n) is 2.85. The molecule has 0 fully saturated rings. The first kappa shape index (κ1) is 15.2. The van der Waals surface area contributed by atoms with Crippen LogP contribution in [0.1, 0.15) is 17.5 Å². The maximum atomic E-state index is 5.65. The van der Waals surface area contributed by atoms with E-state index in [9.17, 15) is 0 Å². The maximum Gasteiger partial charge on any atom is 0.0716 e. The highest BCUT2D eigenvalue weighted by molar-refractivity contribution is 5.22. The molecular formula is C15H26N2O. The van der Waals surface area contributed by atoms with Gasteiger partial charge in [-0.25, -0.2) is 0 Å². The summed E-state index contributed by atoms with van der Waals surface area (Å²) >= 11 is 0. The van der Waals surface area contributed by atoms with E-state index in [2.05, 4.69) is 48.6 Å². The predicted octanol–water partition coefficient (Wildman–Crippen LogP) is 1.92. The van der Waals surface area contributed by atoms with Gasteiger partial charge in [-0.15, -0.1) is 0 Å². The SMILES string of the molecule is CNCCc1ccc(COCCCN(C)C)cc1. The molecule has 0 spiro atoms. The Hall–Kier alpha value is -0.900. The van der Waals surface area contributed by atoms with Crippen LogP contribution in [0.25, 0.3) is 0 Å². The van der Waals surface area contributed by atoms with E-state index in [4.69, 9.17) is 4.74 Å². The molecule has 3 heteroatoms. The van der Waals surface area contributed by atoms with Crippen molar-refractivity contribution in [1.82, 2.24) is 10.2 Å². The zero-order valence-electron chi connectivity index (χ0n) is 11.9. The molecule has 0 saturated carbocycles. The van der Waals surface area contributed by atoms with Crippen LogP contribution in [0.2, 0.25) is 0 Å². The van der Waals surface area contributed by atoms with E-state index in [-0.39, 0.29) is 0 Å². The first-order chi connectivity index (χ1) is 8.72. The van der Waals surface area contributed by atoms with E-state index >= 15 is 0 Å². The van der Waals surface area contributed by atoms with Crippen molar-refractivity contribution < 1.29 is 4.74 Å². The number of likely N-dealkylation sites (N-methyl/N-ethyl adjacent to an activating group) is 1. The van der Waals surface area contributed by atoms with E-state index < -0.39 is 0 Å². The average molecular weight is 250 g/mol. The van der Waals surface area contributed by atoms with E-state index in [0.717, 1.165) is 39.1 Å². The van der Waals surface area contributed by atoms with Crippen LogP contribution in [0.3, 0.4) is 0 Å². The second kappa shape index (κ2) is 9.09. The minimum atomic E-state index is 0.722. The molecule has 1 rings (SSSR count). The highest BCUT2D eigenvalue weighted by Gasteiger charge is 1.96. The average Bonchev–Trinajstić information content (AvgIpc) is 2.37. The van der Waals surface area contributed by atoms with Crippen LogP contribution in [-0.2, 0) is 17.8 Å². The largest absolute Gasteiger partial charge is 0.377 e. The highest BCUT2D eigenvalue weighted by Crippen LogP contribution is 2.06. The van der Waals surface area contributed by atoms with Gasteiger partial charge in [-0.1, -0.05) is 24.3 Å². The number of nitrogens with zero attached hydrogens (tertiary/aromatic N) is 1. The standard InChI is InChI=1S/C15H26N2O/c1-16-10-9-14-5-7-15(8-6-14)13-18-12-4-11-17(2)3/h5-8,16H,4,9-13H2,1-3H3. The molecule has 0 unspecified atom stereocenters. The maximum absolute atomic E-state index is 5.65. The Balaban J connectivity index is 2.18. The predicted molar refractivity (Wildman–Crippen MR) is 76.9 cm³/mol. The molecule has 0 saturated heterocycles. The Bertz CT molecular complexity index is 309. The molecule has 18 heavy (non-hydrogen) atoms. The summed E-state index contributed by atoms with van der Waals surface area (Å²) in [4.78, 5) is 2.18. The van der Waals surface area contributed by atoms with Gasteiger partial charge in [-0.05, 0) is 58.2 Å². The van der Waals surface area contributed by atoms with Gasteiger partial charge in [0.05, 0.1) is 6.61 Å². The molecule has 0 bridgehead atoms.